The second kappa shape index (κ2) is 6.97. The second-order valence-corrected chi connectivity index (χ2v) is 5.42. The fourth-order valence-electron chi connectivity index (χ4n) is 2.61. The predicted octanol–water partition coefficient (Wildman–Crippen LogP) is 0.918. The summed E-state index contributed by atoms with van der Waals surface area (Å²) in [6.45, 7) is 4.67. The van der Waals surface area contributed by atoms with E-state index in [0.29, 0.717) is 24.8 Å². The van der Waals surface area contributed by atoms with Crippen molar-refractivity contribution in [3.63, 3.8) is 0 Å². The van der Waals surface area contributed by atoms with Gasteiger partial charge in [0, 0.05) is 13.0 Å². The van der Waals surface area contributed by atoms with E-state index in [-0.39, 0.29) is 24.5 Å². The van der Waals surface area contributed by atoms with E-state index in [0.717, 1.165) is 19.3 Å². The number of carbonyl (C=O) groups excluding carboxylic acids is 1. The largest absolute Gasteiger partial charge is 0.395 e. The molecule has 3 N–H and O–H groups in total. The summed E-state index contributed by atoms with van der Waals surface area (Å²) in [7, 11) is 0. The topological polar surface area (TPSA) is 69.6 Å². The molecule has 3 atom stereocenters. The van der Waals surface area contributed by atoms with Crippen molar-refractivity contribution in [1.82, 2.24) is 5.32 Å². The van der Waals surface area contributed by atoms with E-state index in [9.17, 15) is 9.90 Å². The summed E-state index contributed by atoms with van der Waals surface area (Å²) in [5.41, 5.74) is 0. The van der Waals surface area contributed by atoms with Crippen molar-refractivity contribution < 1.29 is 15.0 Å². The summed E-state index contributed by atoms with van der Waals surface area (Å²) >= 11 is 0. The average Bonchev–Trinajstić information content (AvgIpc) is 2.29. The number of hydrogen-bond donors (Lipinski definition) is 3. The highest BCUT2D eigenvalue weighted by Gasteiger charge is 2.31. The summed E-state index contributed by atoms with van der Waals surface area (Å²) in [5, 5.41) is 21.2. The Hall–Kier alpha value is -0.610. The van der Waals surface area contributed by atoms with Crippen LogP contribution in [0.2, 0.25) is 0 Å². The Bertz CT molecular complexity index is 243. The van der Waals surface area contributed by atoms with Crippen molar-refractivity contribution in [3.8, 4) is 0 Å². The van der Waals surface area contributed by atoms with Crippen LogP contribution in [0, 0.1) is 17.8 Å². The molecule has 1 amide bonds. The molecule has 1 aliphatic carbocycles. The van der Waals surface area contributed by atoms with E-state index in [1.807, 2.05) is 0 Å². The van der Waals surface area contributed by atoms with Crippen molar-refractivity contribution in [3.05, 3.63) is 0 Å². The van der Waals surface area contributed by atoms with Gasteiger partial charge in [-0.15, -0.1) is 0 Å². The molecular weight excluding hydrogens is 218 g/mol. The van der Waals surface area contributed by atoms with Gasteiger partial charge in [0.2, 0.25) is 5.91 Å². The maximum atomic E-state index is 11.6. The number of rotatable bonds is 5. The highest BCUT2D eigenvalue weighted by atomic mass is 16.3. The molecule has 3 unspecified atom stereocenters. The van der Waals surface area contributed by atoms with Gasteiger partial charge in [0.15, 0.2) is 0 Å². The van der Waals surface area contributed by atoms with Gasteiger partial charge < -0.3 is 15.5 Å². The number of nitrogens with one attached hydrogen (secondary N) is 1. The highest BCUT2D eigenvalue weighted by molar-refractivity contribution is 5.76. The van der Waals surface area contributed by atoms with Crippen LogP contribution in [0.5, 0.6) is 0 Å². The van der Waals surface area contributed by atoms with Gasteiger partial charge in [0.25, 0.3) is 0 Å². The van der Waals surface area contributed by atoms with Crippen molar-refractivity contribution >= 4 is 5.91 Å². The van der Waals surface area contributed by atoms with Crippen molar-refractivity contribution in [2.75, 3.05) is 13.2 Å². The molecule has 0 aliphatic heterocycles. The van der Waals surface area contributed by atoms with Gasteiger partial charge in [-0.2, -0.15) is 0 Å². The van der Waals surface area contributed by atoms with Gasteiger partial charge in [-0.05, 0) is 37.0 Å². The lowest BCUT2D eigenvalue weighted by Gasteiger charge is -2.35. The molecule has 1 aliphatic rings. The average molecular weight is 243 g/mol. The van der Waals surface area contributed by atoms with Gasteiger partial charge in [-0.3, -0.25) is 4.79 Å². The van der Waals surface area contributed by atoms with Crippen LogP contribution >= 0.6 is 0 Å². The van der Waals surface area contributed by atoms with Crippen LogP contribution in [0.1, 0.15) is 39.5 Å². The number of aliphatic hydroxyl groups is 2. The molecule has 0 aromatic carbocycles. The Kier molecular flexibility index (Phi) is 5.92. The molecule has 1 rings (SSSR count). The third-order valence-corrected chi connectivity index (χ3v) is 3.81. The number of carbonyl (C=O) groups is 1. The Morgan fingerprint density at radius 3 is 2.71 bits per heavy atom. The van der Waals surface area contributed by atoms with E-state index < -0.39 is 0 Å². The molecule has 4 heteroatoms. The van der Waals surface area contributed by atoms with Crippen LogP contribution in [-0.4, -0.2) is 35.4 Å². The molecule has 1 saturated carbocycles. The van der Waals surface area contributed by atoms with E-state index in [4.69, 9.17) is 5.11 Å². The van der Waals surface area contributed by atoms with Crippen molar-refractivity contribution in [1.29, 1.82) is 0 Å². The fourth-order valence-corrected chi connectivity index (χ4v) is 2.61. The van der Waals surface area contributed by atoms with Crippen LogP contribution < -0.4 is 5.32 Å². The van der Waals surface area contributed by atoms with E-state index in [1.165, 1.54) is 0 Å². The Morgan fingerprint density at radius 2 is 2.12 bits per heavy atom. The van der Waals surface area contributed by atoms with E-state index >= 15 is 0 Å². The number of hydrogen-bond acceptors (Lipinski definition) is 3. The van der Waals surface area contributed by atoms with Gasteiger partial charge in [0.05, 0.1) is 12.7 Å². The fraction of sp³-hybridized carbons (Fsp3) is 0.923. The molecule has 0 saturated heterocycles. The molecule has 0 bridgehead atoms. The minimum atomic E-state index is -0.343. The third kappa shape index (κ3) is 4.64. The first-order valence-corrected chi connectivity index (χ1v) is 6.60. The Morgan fingerprint density at radius 1 is 1.41 bits per heavy atom. The molecule has 4 nitrogen and oxygen atoms in total. The number of amides is 1. The monoisotopic (exact) mass is 243 g/mol. The van der Waals surface area contributed by atoms with Gasteiger partial charge in [0.1, 0.15) is 0 Å². The minimum Gasteiger partial charge on any atom is -0.395 e. The lowest BCUT2D eigenvalue weighted by atomic mass is 9.73. The van der Waals surface area contributed by atoms with Gasteiger partial charge in [-0.25, -0.2) is 0 Å². The summed E-state index contributed by atoms with van der Waals surface area (Å²) in [6.07, 6.45) is 2.84. The molecule has 1 fully saturated rings. The molecule has 100 valence electrons. The summed E-state index contributed by atoms with van der Waals surface area (Å²) in [4.78, 5) is 11.6. The number of aliphatic hydroxyl groups excluding tert-OH is 2. The standard InChI is InChI=1S/C13H25NO3/c1-9(2)10-3-4-12(16)11(7-10)8-13(17)14-5-6-15/h9-12,15-16H,3-8H2,1-2H3,(H,14,17). The van der Waals surface area contributed by atoms with E-state index in [1.54, 1.807) is 0 Å². The lowest BCUT2D eigenvalue weighted by molar-refractivity contribution is -0.124. The predicted molar refractivity (Wildman–Crippen MR) is 66.4 cm³/mol. The maximum Gasteiger partial charge on any atom is 0.220 e. The second-order valence-electron chi connectivity index (χ2n) is 5.42. The first-order chi connectivity index (χ1) is 8.04. The van der Waals surface area contributed by atoms with Crippen LogP contribution in [-0.2, 0) is 4.79 Å². The Labute approximate surface area is 103 Å². The van der Waals surface area contributed by atoms with Crippen LogP contribution in [0.4, 0.5) is 0 Å². The van der Waals surface area contributed by atoms with Crippen molar-refractivity contribution in [2.45, 2.75) is 45.6 Å². The third-order valence-electron chi connectivity index (χ3n) is 3.81. The van der Waals surface area contributed by atoms with Gasteiger partial charge >= 0.3 is 0 Å². The summed E-state index contributed by atoms with van der Waals surface area (Å²) < 4.78 is 0. The van der Waals surface area contributed by atoms with Crippen LogP contribution in [0.25, 0.3) is 0 Å². The zero-order valence-corrected chi connectivity index (χ0v) is 10.9. The first-order valence-electron chi connectivity index (χ1n) is 6.60. The smallest absolute Gasteiger partial charge is 0.220 e. The summed E-state index contributed by atoms with van der Waals surface area (Å²) in [6, 6.07) is 0. The molecule has 0 aromatic heterocycles. The van der Waals surface area contributed by atoms with E-state index in [2.05, 4.69) is 19.2 Å². The zero-order chi connectivity index (χ0) is 12.8. The SMILES string of the molecule is CC(C)C1CCC(O)C(CC(=O)NCCO)C1. The zero-order valence-electron chi connectivity index (χ0n) is 10.9. The van der Waals surface area contributed by atoms with Crippen molar-refractivity contribution in [2.24, 2.45) is 17.8 Å². The molecule has 0 heterocycles. The highest BCUT2D eigenvalue weighted by Crippen LogP contribution is 2.35. The normalized spacial score (nSPS) is 29.4. The summed E-state index contributed by atoms with van der Waals surface area (Å²) in [5.74, 6) is 1.25. The molecular formula is C13H25NO3. The molecule has 0 aromatic rings. The maximum absolute atomic E-state index is 11.6. The lowest BCUT2D eigenvalue weighted by Crippen LogP contribution is -2.36. The quantitative estimate of drug-likeness (QED) is 0.672. The molecule has 0 radical (unpaired) electrons. The Balaban J connectivity index is 2.41. The molecule has 0 spiro atoms. The minimum absolute atomic E-state index is 0.0341. The molecule has 17 heavy (non-hydrogen) atoms. The first kappa shape index (κ1) is 14.5. The van der Waals surface area contributed by atoms with Crippen LogP contribution in [0.3, 0.4) is 0 Å². The van der Waals surface area contributed by atoms with Crippen LogP contribution in [0.15, 0.2) is 0 Å². The van der Waals surface area contributed by atoms with Gasteiger partial charge in [-0.1, -0.05) is 13.8 Å².